The van der Waals surface area contributed by atoms with Crippen LogP contribution in [0.3, 0.4) is 0 Å². The normalized spacial score (nSPS) is 12.1. The summed E-state index contributed by atoms with van der Waals surface area (Å²) in [6.07, 6.45) is 0. The monoisotopic (exact) mass is 738 g/mol. The van der Waals surface area contributed by atoms with E-state index in [-0.39, 0.29) is 0 Å². The van der Waals surface area contributed by atoms with Crippen LogP contribution in [0.4, 0.5) is 0 Å². The molecule has 4 nitrogen and oxygen atoms in total. The molecule has 0 fully saturated rings. The average molecular weight is 739 g/mol. The van der Waals surface area contributed by atoms with Crippen molar-refractivity contribution in [2.45, 2.75) is 0 Å². The molecule has 13 rings (SSSR count). The van der Waals surface area contributed by atoms with Gasteiger partial charge in [-0.3, -0.25) is 0 Å². The number of fused-ring (bicyclic) bond motifs is 13. The molecule has 0 N–H and O–H groups in total. The van der Waals surface area contributed by atoms with Gasteiger partial charge in [0.2, 0.25) is 0 Å². The zero-order valence-electron chi connectivity index (χ0n) is 31.4. The van der Waals surface area contributed by atoms with Crippen LogP contribution in [0.5, 0.6) is 0 Å². The Labute approximate surface area is 333 Å². The van der Waals surface area contributed by atoms with Crippen molar-refractivity contribution in [3.8, 4) is 22.7 Å². The van der Waals surface area contributed by atoms with Gasteiger partial charge in [0.1, 0.15) is 0 Å². The van der Waals surface area contributed by atoms with Crippen LogP contribution in [-0.4, -0.2) is 18.3 Å². The summed E-state index contributed by atoms with van der Waals surface area (Å²) >= 11 is 0. The van der Waals surface area contributed by atoms with Crippen molar-refractivity contribution in [3.63, 3.8) is 0 Å². The average Bonchev–Trinajstić information content (AvgIpc) is 4.02. The SMILES string of the molecule is c1ccc(-n2c3ccccc3c3cc(-n4c5ccccc5c5cc(-n6c7ccccc7c7ccccc76)c6c7ccccc7n(-c7ccccc7)c6c54)ccc32)cc1. The number of hydrogen-bond donors (Lipinski definition) is 0. The Kier molecular flexibility index (Phi) is 6.41. The van der Waals surface area contributed by atoms with Gasteiger partial charge in [-0.15, -0.1) is 0 Å². The van der Waals surface area contributed by atoms with Crippen LogP contribution in [0, 0.1) is 0 Å². The molecule has 0 saturated heterocycles. The number of para-hydroxylation sites is 7. The third-order valence-corrected chi connectivity index (χ3v) is 12.3. The van der Waals surface area contributed by atoms with Gasteiger partial charge in [-0.1, -0.05) is 127 Å². The Hall–Kier alpha value is -7.82. The summed E-state index contributed by atoms with van der Waals surface area (Å²) in [6, 6.07) is 75.5. The summed E-state index contributed by atoms with van der Waals surface area (Å²) in [5.74, 6) is 0. The van der Waals surface area contributed by atoms with Crippen LogP contribution in [0.2, 0.25) is 0 Å². The predicted molar refractivity (Wildman–Crippen MR) is 244 cm³/mol. The molecule has 0 spiro atoms. The van der Waals surface area contributed by atoms with Crippen LogP contribution in [0.15, 0.2) is 206 Å². The van der Waals surface area contributed by atoms with Crippen molar-refractivity contribution >= 4 is 87.2 Å². The second-order valence-corrected chi connectivity index (χ2v) is 15.3. The number of hydrogen-bond acceptors (Lipinski definition) is 0. The van der Waals surface area contributed by atoms with Crippen LogP contribution < -0.4 is 0 Å². The number of aromatic nitrogens is 4. The first-order valence-corrected chi connectivity index (χ1v) is 20.0. The zero-order valence-corrected chi connectivity index (χ0v) is 31.4. The maximum absolute atomic E-state index is 2.52. The molecule has 0 bridgehead atoms. The summed E-state index contributed by atoms with van der Waals surface area (Å²) in [5.41, 5.74) is 14.1. The van der Waals surface area contributed by atoms with Crippen LogP contribution >= 0.6 is 0 Å². The topological polar surface area (TPSA) is 19.7 Å². The van der Waals surface area contributed by atoms with E-state index in [1.807, 2.05) is 0 Å². The third kappa shape index (κ3) is 4.18. The molecule has 4 heteroatoms. The van der Waals surface area contributed by atoms with Gasteiger partial charge in [-0.2, -0.15) is 0 Å². The lowest BCUT2D eigenvalue weighted by Crippen LogP contribution is -2.01. The van der Waals surface area contributed by atoms with Gasteiger partial charge in [0, 0.05) is 60.2 Å². The van der Waals surface area contributed by atoms with E-state index in [2.05, 4.69) is 225 Å². The molecule has 4 heterocycles. The van der Waals surface area contributed by atoms with Crippen molar-refractivity contribution in [1.82, 2.24) is 18.3 Å². The fourth-order valence-electron chi connectivity index (χ4n) is 10.0. The Morgan fingerprint density at radius 2 is 0.621 bits per heavy atom. The molecule has 9 aromatic carbocycles. The molecular weight excluding hydrogens is 705 g/mol. The maximum atomic E-state index is 2.52. The minimum atomic E-state index is 1.13. The van der Waals surface area contributed by atoms with Crippen LogP contribution in [0.1, 0.15) is 0 Å². The molecule has 0 saturated carbocycles. The third-order valence-electron chi connectivity index (χ3n) is 12.3. The molecule has 58 heavy (non-hydrogen) atoms. The van der Waals surface area contributed by atoms with Gasteiger partial charge < -0.3 is 18.3 Å². The van der Waals surface area contributed by atoms with Crippen molar-refractivity contribution < 1.29 is 0 Å². The van der Waals surface area contributed by atoms with E-state index >= 15 is 0 Å². The maximum Gasteiger partial charge on any atom is 0.0810 e. The van der Waals surface area contributed by atoms with Crippen molar-refractivity contribution in [2.75, 3.05) is 0 Å². The first kappa shape index (κ1) is 31.4. The summed E-state index contributed by atoms with van der Waals surface area (Å²) in [5, 5.41) is 9.85. The Morgan fingerprint density at radius 1 is 0.224 bits per heavy atom. The van der Waals surface area contributed by atoms with Crippen molar-refractivity contribution in [1.29, 1.82) is 0 Å². The fraction of sp³-hybridized carbons (Fsp3) is 0. The molecule has 0 unspecified atom stereocenters. The molecule has 270 valence electrons. The second kappa shape index (κ2) is 11.8. The number of nitrogens with zero attached hydrogens (tertiary/aromatic N) is 4. The highest BCUT2D eigenvalue weighted by atomic mass is 15.1. The van der Waals surface area contributed by atoms with E-state index in [1.54, 1.807) is 0 Å². The Bertz CT molecular complexity index is 3730. The zero-order chi connectivity index (χ0) is 37.9. The van der Waals surface area contributed by atoms with E-state index in [1.165, 1.54) is 92.9 Å². The minimum Gasteiger partial charge on any atom is -0.309 e. The van der Waals surface area contributed by atoms with E-state index in [9.17, 15) is 0 Å². The standard InChI is InChI=1S/C54H34N4/c1-3-17-35(18-4-1)55-45-26-12-9-23-40(45)43-33-37(31-32-50(43)55)57-46-27-13-10-24-41(46)44-34-51(58-47-28-14-7-21-38(47)39-22-8-15-29-48(39)58)52-42-25-11-16-30-49(42)56(54(52)53(44)57)36-19-5-2-6-20-36/h1-34H. The molecule has 0 amide bonds. The van der Waals surface area contributed by atoms with Crippen molar-refractivity contribution in [2.24, 2.45) is 0 Å². The number of rotatable bonds is 4. The van der Waals surface area contributed by atoms with E-state index in [0.29, 0.717) is 0 Å². The highest BCUT2D eigenvalue weighted by Crippen LogP contribution is 2.47. The molecule has 0 aliphatic heterocycles. The largest absolute Gasteiger partial charge is 0.309 e. The molecule has 13 aromatic rings. The molecule has 0 aliphatic carbocycles. The fourth-order valence-corrected chi connectivity index (χ4v) is 10.0. The summed E-state index contributed by atoms with van der Waals surface area (Å²) in [6.45, 7) is 0. The van der Waals surface area contributed by atoms with Crippen molar-refractivity contribution in [3.05, 3.63) is 206 Å². The Morgan fingerprint density at radius 3 is 1.21 bits per heavy atom. The quantitative estimate of drug-likeness (QED) is 0.171. The molecule has 4 aromatic heterocycles. The summed E-state index contributed by atoms with van der Waals surface area (Å²) < 4.78 is 9.92. The minimum absolute atomic E-state index is 1.13. The second-order valence-electron chi connectivity index (χ2n) is 15.3. The first-order chi connectivity index (χ1) is 28.8. The van der Waals surface area contributed by atoms with Gasteiger partial charge in [-0.25, -0.2) is 0 Å². The first-order valence-electron chi connectivity index (χ1n) is 20.0. The van der Waals surface area contributed by atoms with E-state index in [0.717, 1.165) is 17.1 Å². The van der Waals surface area contributed by atoms with E-state index in [4.69, 9.17) is 0 Å². The summed E-state index contributed by atoms with van der Waals surface area (Å²) in [4.78, 5) is 0. The predicted octanol–water partition coefficient (Wildman–Crippen LogP) is 14.1. The Balaban J connectivity index is 1.24. The van der Waals surface area contributed by atoms with Gasteiger partial charge in [0.05, 0.1) is 49.8 Å². The van der Waals surface area contributed by atoms with E-state index < -0.39 is 0 Å². The van der Waals surface area contributed by atoms with Gasteiger partial charge >= 0.3 is 0 Å². The molecule has 0 radical (unpaired) electrons. The lowest BCUT2D eigenvalue weighted by Gasteiger charge is -2.16. The highest BCUT2D eigenvalue weighted by molar-refractivity contribution is 6.27. The van der Waals surface area contributed by atoms with Gasteiger partial charge in [0.15, 0.2) is 0 Å². The van der Waals surface area contributed by atoms with Gasteiger partial charge in [-0.05, 0) is 78.9 Å². The molecule has 0 atom stereocenters. The van der Waals surface area contributed by atoms with Gasteiger partial charge in [0.25, 0.3) is 0 Å². The highest BCUT2D eigenvalue weighted by Gasteiger charge is 2.26. The lowest BCUT2D eigenvalue weighted by atomic mass is 10.1. The molecular formula is C54H34N4. The lowest BCUT2D eigenvalue weighted by molar-refractivity contribution is 1.14. The summed E-state index contributed by atoms with van der Waals surface area (Å²) in [7, 11) is 0. The number of benzene rings is 9. The molecule has 0 aliphatic rings. The van der Waals surface area contributed by atoms with Crippen LogP contribution in [0.25, 0.3) is 110 Å². The smallest absolute Gasteiger partial charge is 0.0810 e. The van der Waals surface area contributed by atoms with Crippen LogP contribution in [-0.2, 0) is 0 Å².